The summed E-state index contributed by atoms with van der Waals surface area (Å²) in [6.07, 6.45) is 0. The number of nitrogens with one attached hydrogen (secondary N) is 2. The molecule has 1 aliphatic heterocycles. The number of rotatable bonds is 1. The third kappa shape index (κ3) is 2.15. The van der Waals surface area contributed by atoms with Gasteiger partial charge in [-0.15, -0.1) is 0 Å². The van der Waals surface area contributed by atoms with Crippen molar-refractivity contribution in [1.29, 1.82) is 0 Å². The van der Waals surface area contributed by atoms with Crippen molar-refractivity contribution in [1.82, 2.24) is 10.6 Å². The third-order valence-electron chi connectivity index (χ3n) is 2.50. The van der Waals surface area contributed by atoms with E-state index < -0.39 is 0 Å². The molecule has 80 valence electrons. The van der Waals surface area contributed by atoms with Crippen LogP contribution < -0.4 is 10.6 Å². The van der Waals surface area contributed by atoms with E-state index in [-0.39, 0.29) is 23.8 Å². The zero-order chi connectivity index (χ0) is 10.8. The van der Waals surface area contributed by atoms with E-state index in [4.69, 9.17) is 0 Å². The summed E-state index contributed by atoms with van der Waals surface area (Å²) in [5.41, 5.74) is 0.792. The molecule has 1 saturated heterocycles. The number of piperazine rings is 1. The number of amides is 1. The molecule has 0 radical (unpaired) electrons. The second-order valence-corrected chi connectivity index (χ2v) is 3.80. The highest BCUT2D eigenvalue weighted by Crippen LogP contribution is 2.16. The number of carbonyl (C=O) groups is 1. The average Bonchev–Trinajstić information content (AvgIpc) is 2.23. The summed E-state index contributed by atoms with van der Waals surface area (Å²) in [6.45, 7) is 2.63. The van der Waals surface area contributed by atoms with E-state index in [0.29, 0.717) is 6.54 Å². The summed E-state index contributed by atoms with van der Waals surface area (Å²) in [5, 5.41) is 5.97. The highest BCUT2D eigenvalue weighted by Gasteiger charge is 2.26. The van der Waals surface area contributed by atoms with E-state index in [2.05, 4.69) is 10.6 Å². The molecule has 2 rings (SSSR count). The van der Waals surface area contributed by atoms with Crippen LogP contribution in [0.4, 0.5) is 4.39 Å². The van der Waals surface area contributed by atoms with Gasteiger partial charge in [-0.1, -0.05) is 12.1 Å². The van der Waals surface area contributed by atoms with Gasteiger partial charge in [-0.05, 0) is 24.6 Å². The van der Waals surface area contributed by atoms with Gasteiger partial charge in [0.05, 0.1) is 0 Å². The number of benzene rings is 1. The second-order valence-electron chi connectivity index (χ2n) is 3.80. The number of halogens is 1. The molecule has 0 spiro atoms. The summed E-state index contributed by atoms with van der Waals surface area (Å²) in [7, 11) is 0. The number of hydrogen-bond donors (Lipinski definition) is 2. The first-order valence-corrected chi connectivity index (χ1v) is 4.96. The number of hydrogen-bond acceptors (Lipinski definition) is 2. The first-order valence-electron chi connectivity index (χ1n) is 4.96. The van der Waals surface area contributed by atoms with Crippen LogP contribution in [-0.4, -0.2) is 18.5 Å². The van der Waals surface area contributed by atoms with Crippen molar-refractivity contribution >= 4 is 5.91 Å². The van der Waals surface area contributed by atoms with Crippen molar-refractivity contribution in [2.24, 2.45) is 0 Å². The van der Waals surface area contributed by atoms with Crippen molar-refractivity contribution in [2.75, 3.05) is 6.54 Å². The van der Waals surface area contributed by atoms with Crippen LogP contribution in [0.2, 0.25) is 0 Å². The Labute approximate surface area is 87.7 Å². The maximum Gasteiger partial charge on any atom is 0.241 e. The molecule has 1 heterocycles. The Morgan fingerprint density at radius 3 is 2.67 bits per heavy atom. The van der Waals surface area contributed by atoms with E-state index >= 15 is 0 Å². The third-order valence-corrected chi connectivity index (χ3v) is 2.50. The number of carbonyl (C=O) groups excluding carboxylic acids is 1. The van der Waals surface area contributed by atoms with E-state index in [1.54, 1.807) is 12.1 Å². The highest BCUT2D eigenvalue weighted by atomic mass is 19.1. The topological polar surface area (TPSA) is 41.1 Å². The van der Waals surface area contributed by atoms with Crippen molar-refractivity contribution in [3.05, 3.63) is 35.6 Å². The molecule has 2 atom stereocenters. The quantitative estimate of drug-likeness (QED) is 0.722. The Morgan fingerprint density at radius 1 is 1.33 bits per heavy atom. The highest BCUT2D eigenvalue weighted by molar-refractivity contribution is 5.84. The molecule has 1 aromatic carbocycles. The van der Waals surface area contributed by atoms with Gasteiger partial charge in [0.15, 0.2) is 0 Å². The lowest BCUT2D eigenvalue weighted by atomic mass is 10.0. The molecule has 2 N–H and O–H groups in total. The molecule has 0 saturated carbocycles. The van der Waals surface area contributed by atoms with Crippen LogP contribution >= 0.6 is 0 Å². The van der Waals surface area contributed by atoms with Crippen molar-refractivity contribution in [3.63, 3.8) is 0 Å². The molecule has 1 amide bonds. The fraction of sp³-hybridized carbons (Fsp3) is 0.364. The summed E-state index contributed by atoms with van der Waals surface area (Å²) in [6, 6.07) is 5.86. The Balaban J connectivity index is 2.21. The van der Waals surface area contributed by atoms with Crippen LogP contribution in [0, 0.1) is 5.82 Å². The fourth-order valence-corrected chi connectivity index (χ4v) is 1.68. The van der Waals surface area contributed by atoms with Crippen molar-refractivity contribution in [3.8, 4) is 0 Å². The van der Waals surface area contributed by atoms with Crippen LogP contribution in [0.15, 0.2) is 24.3 Å². The zero-order valence-electron chi connectivity index (χ0n) is 8.46. The van der Waals surface area contributed by atoms with Gasteiger partial charge in [0.2, 0.25) is 5.91 Å². The van der Waals surface area contributed by atoms with E-state index in [9.17, 15) is 9.18 Å². The molecular weight excluding hydrogens is 195 g/mol. The summed E-state index contributed by atoms with van der Waals surface area (Å²) in [4.78, 5) is 11.6. The van der Waals surface area contributed by atoms with Crippen LogP contribution in [0.3, 0.4) is 0 Å². The van der Waals surface area contributed by atoms with Gasteiger partial charge in [-0.3, -0.25) is 10.1 Å². The van der Waals surface area contributed by atoms with Gasteiger partial charge in [0.25, 0.3) is 0 Å². The summed E-state index contributed by atoms with van der Waals surface area (Å²) >= 11 is 0. The van der Waals surface area contributed by atoms with E-state index in [0.717, 1.165) is 5.56 Å². The van der Waals surface area contributed by atoms with Gasteiger partial charge < -0.3 is 5.32 Å². The molecule has 15 heavy (non-hydrogen) atoms. The van der Waals surface area contributed by atoms with E-state index in [1.165, 1.54) is 12.1 Å². The molecule has 4 heteroatoms. The Morgan fingerprint density at radius 2 is 2.00 bits per heavy atom. The molecule has 3 nitrogen and oxygen atoms in total. The molecular formula is C11H13FN2O. The molecule has 2 unspecified atom stereocenters. The van der Waals surface area contributed by atoms with E-state index in [1.807, 2.05) is 6.92 Å². The fourth-order valence-electron chi connectivity index (χ4n) is 1.68. The molecule has 1 aromatic rings. The summed E-state index contributed by atoms with van der Waals surface area (Å²) in [5.74, 6) is -0.345. The van der Waals surface area contributed by atoms with Gasteiger partial charge in [-0.2, -0.15) is 0 Å². The first kappa shape index (κ1) is 10.1. The van der Waals surface area contributed by atoms with Gasteiger partial charge in [-0.25, -0.2) is 4.39 Å². The smallest absolute Gasteiger partial charge is 0.241 e. The van der Waals surface area contributed by atoms with Crippen molar-refractivity contribution in [2.45, 2.75) is 19.0 Å². The normalized spacial score (nSPS) is 26.1. The first-order chi connectivity index (χ1) is 7.16. The molecule has 0 bridgehead atoms. The average molecular weight is 208 g/mol. The van der Waals surface area contributed by atoms with Crippen molar-refractivity contribution < 1.29 is 9.18 Å². The van der Waals surface area contributed by atoms with Gasteiger partial charge in [0, 0.05) is 12.6 Å². The predicted molar refractivity (Wildman–Crippen MR) is 54.7 cm³/mol. The Hall–Kier alpha value is -1.42. The predicted octanol–water partition coefficient (Wildman–Crippen LogP) is 0.975. The molecule has 0 aliphatic carbocycles. The molecule has 1 aliphatic rings. The van der Waals surface area contributed by atoms with Gasteiger partial charge in [0.1, 0.15) is 11.9 Å². The van der Waals surface area contributed by atoms with Crippen LogP contribution in [0.5, 0.6) is 0 Å². The SMILES string of the molecule is CC1CNC(=O)C(c2ccc(F)cc2)N1. The zero-order valence-corrected chi connectivity index (χ0v) is 8.46. The maximum absolute atomic E-state index is 12.7. The Bertz CT molecular complexity index is 363. The molecule has 1 fully saturated rings. The molecule has 0 aromatic heterocycles. The minimum atomic E-state index is -0.366. The van der Waals surface area contributed by atoms with Crippen LogP contribution in [0.25, 0.3) is 0 Å². The van der Waals surface area contributed by atoms with Gasteiger partial charge >= 0.3 is 0 Å². The van der Waals surface area contributed by atoms with Crippen LogP contribution in [-0.2, 0) is 4.79 Å². The minimum Gasteiger partial charge on any atom is -0.353 e. The second kappa shape index (κ2) is 3.98. The van der Waals surface area contributed by atoms with Crippen LogP contribution in [0.1, 0.15) is 18.5 Å². The standard InChI is InChI=1S/C11H13FN2O/c1-7-6-13-11(15)10(14-7)8-2-4-9(12)5-3-8/h2-5,7,10,14H,6H2,1H3,(H,13,15). The lowest BCUT2D eigenvalue weighted by Crippen LogP contribution is -2.52. The lowest BCUT2D eigenvalue weighted by Gasteiger charge is -2.28. The minimum absolute atomic E-state index is 0.0558. The largest absolute Gasteiger partial charge is 0.353 e. The lowest BCUT2D eigenvalue weighted by molar-refractivity contribution is -0.125. The maximum atomic E-state index is 12.7. The monoisotopic (exact) mass is 208 g/mol. The summed E-state index contributed by atoms with van der Waals surface area (Å²) < 4.78 is 12.7. The Kier molecular flexibility index (Phi) is 2.68.